The van der Waals surface area contributed by atoms with Crippen molar-refractivity contribution in [3.8, 4) is 11.5 Å². The Kier molecular flexibility index (Phi) is 5.64. The number of carbonyl (C=O) groups is 1. The lowest BCUT2D eigenvalue weighted by Gasteiger charge is -2.12. The molecule has 0 unspecified atom stereocenters. The summed E-state index contributed by atoms with van der Waals surface area (Å²) in [5.74, 6) is 1.18. The molecular formula is C17H17ClO3. The van der Waals surface area contributed by atoms with Crippen LogP contribution in [0.5, 0.6) is 11.5 Å². The lowest BCUT2D eigenvalue weighted by Crippen LogP contribution is -2.12. The van der Waals surface area contributed by atoms with Gasteiger partial charge in [0.1, 0.15) is 24.7 Å². The summed E-state index contributed by atoms with van der Waals surface area (Å²) in [6.07, 6.45) is 0. The largest absolute Gasteiger partial charge is 0.490 e. The van der Waals surface area contributed by atoms with Crippen molar-refractivity contribution < 1.29 is 14.3 Å². The third kappa shape index (κ3) is 4.23. The zero-order valence-corrected chi connectivity index (χ0v) is 12.6. The smallest absolute Gasteiger partial charge is 0.181 e. The van der Waals surface area contributed by atoms with E-state index in [1.54, 1.807) is 18.2 Å². The fourth-order valence-corrected chi connectivity index (χ4v) is 2.06. The van der Waals surface area contributed by atoms with Gasteiger partial charge in [0.2, 0.25) is 0 Å². The number of Topliss-reactive ketones (excluding diaryl/α,β-unsaturated/α-hetero) is 1. The second-order valence-electron chi connectivity index (χ2n) is 4.52. The van der Waals surface area contributed by atoms with Crippen LogP contribution in [0.4, 0.5) is 0 Å². The highest BCUT2D eigenvalue weighted by molar-refractivity contribution is 6.30. The third-order valence-electron chi connectivity index (χ3n) is 3.00. The van der Waals surface area contributed by atoms with Crippen LogP contribution in [0.25, 0.3) is 0 Å². The lowest BCUT2D eigenvalue weighted by atomic mass is 10.1. The van der Waals surface area contributed by atoms with Crippen molar-refractivity contribution in [3.05, 3.63) is 59.7 Å². The van der Waals surface area contributed by atoms with E-state index in [-0.39, 0.29) is 11.7 Å². The van der Waals surface area contributed by atoms with E-state index >= 15 is 0 Å². The number of benzene rings is 2. The summed E-state index contributed by atoms with van der Waals surface area (Å²) in [5, 5.41) is 0. The fourth-order valence-electron chi connectivity index (χ4n) is 1.92. The van der Waals surface area contributed by atoms with E-state index in [4.69, 9.17) is 21.1 Å². The number of hydrogen-bond donors (Lipinski definition) is 0. The van der Waals surface area contributed by atoms with Gasteiger partial charge in [0.15, 0.2) is 5.78 Å². The molecule has 0 amide bonds. The molecule has 0 fully saturated rings. The van der Waals surface area contributed by atoms with Crippen LogP contribution in [-0.2, 0) is 0 Å². The van der Waals surface area contributed by atoms with Gasteiger partial charge in [-0.1, -0.05) is 30.3 Å². The van der Waals surface area contributed by atoms with Crippen LogP contribution in [0, 0.1) is 6.92 Å². The van der Waals surface area contributed by atoms with Gasteiger partial charge in [-0.3, -0.25) is 4.79 Å². The van der Waals surface area contributed by atoms with Crippen LogP contribution in [0.15, 0.2) is 48.5 Å². The molecule has 0 aromatic heterocycles. The highest BCUT2D eigenvalue weighted by Gasteiger charge is 2.10. The van der Waals surface area contributed by atoms with Gasteiger partial charge in [-0.15, -0.1) is 11.6 Å². The minimum absolute atomic E-state index is 0.0555. The maximum Gasteiger partial charge on any atom is 0.181 e. The Labute approximate surface area is 129 Å². The number of halogens is 1. The van der Waals surface area contributed by atoms with E-state index in [2.05, 4.69) is 0 Å². The van der Waals surface area contributed by atoms with Gasteiger partial charge in [-0.25, -0.2) is 0 Å². The molecule has 2 aromatic carbocycles. The average Bonchev–Trinajstić information content (AvgIpc) is 2.52. The van der Waals surface area contributed by atoms with Crippen molar-refractivity contribution in [3.63, 3.8) is 0 Å². The van der Waals surface area contributed by atoms with Crippen LogP contribution >= 0.6 is 11.6 Å². The van der Waals surface area contributed by atoms with E-state index in [1.807, 2.05) is 37.3 Å². The maximum absolute atomic E-state index is 11.7. The van der Waals surface area contributed by atoms with Crippen LogP contribution < -0.4 is 9.47 Å². The van der Waals surface area contributed by atoms with Crippen molar-refractivity contribution in [1.82, 2.24) is 0 Å². The first-order chi connectivity index (χ1) is 10.2. The predicted octanol–water partition coefficient (Wildman–Crippen LogP) is 3.87. The molecule has 0 saturated carbocycles. The van der Waals surface area contributed by atoms with Crippen LogP contribution in [0.2, 0.25) is 0 Å². The Bertz CT molecular complexity index is 610. The summed E-state index contributed by atoms with van der Waals surface area (Å²) < 4.78 is 11.3. The zero-order valence-electron chi connectivity index (χ0n) is 11.8. The molecular weight excluding hydrogens is 288 g/mol. The third-order valence-corrected chi connectivity index (χ3v) is 3.24. The highest BCUT2D eigenvalue weighted by atomic mass is 35.5. The fraction of sp³-hybridized carbons (Fsp3) is 0.235. The standard InChI is InChI=1S/C17H17ClO3/c1-13-6-2-4-8-16(13)20-10-11-21-17-9-5-3-7-14(17)15(19)12-18/h2-9H,10-12H2,1H3. The molecule has 0 aliphatic rings. The molecule has 0 aliphatic carbocycles. The molecule has 21 heavy (non-hydrogen) atoms. The molecule has 0 aliphatic heterocycles. The molecule has 2 aromatic rings. The molecule has 4 heteroatoms. The van der Waals surface area contributed by atoms with Crippen molar-refractivity contribution in [2.75, 3.05) is 19.1 Å². The summed E-state index contributed by atoms with van der Waals surface area (Å²) >= 11 is 5.59. The number of ketones is 1. The van der Waals surface area contributed by atoms with Crippen LogP contribution in [-0.4, -0.2) is 24.9 Å². The molecule has 0 atom stereocenters. The number of ether oxygens (including phenoxy) is 2. The van der Waals surface area contributed by atoms with Crippen molar-refractivity contribution in [2.45, 2.75) is 6.92 Å². The summed E-state index contributed by atoms with van der Waals surface area (Å²) in [5.41, 5.74) is 1.58. The van der Waals surface area contributed by atoms with E-state index in [0.29, 0.717) is 24.5 Å². The number of hydrogen-bond acceptors (Lipinski definition) is 3. The summed E-state index contributed by atoms with van der Waals surface area (Å²) in [7, 11) is 0. The number of carbonyl (C=O) groups excluding carboxylic acids is 1. The van der Waals surface area contributed by atoms with Gasteiger partial charge < -0.3 is 9.47 Å². The number of rotatable bonds is 7. The Balaban J connectivity index is 1.90. The van der Waals surface area contributed by atoms with Gasteiger partial charge in [-0.05, 0) is 30.7 Å². The minimum atomic E-state index is -0.146. The van der Waals surface area contributed by atoms with E-state index in [0.717, 1.165) is 11.3 Å². The minimum Gasteiger partial charge on any atom is -0.490 e. The van der Waals surface area contributed by atoms with Gasteiger partial charge in [-0.2, -0.15) is 0 Å². The Morgan fingerprint density at radius 2 is 1.52 bits per heavy atom. The Morgan fingerprint density at radius 1 is 0.952 bits per heavy atom. The summed E-state index contributed by atoms with van der Waals surface area (Å²) in [6.45, 7) is 2.76. The van der Waals surface area contributed by atoms with Gasteiger partial charge in [0, 0.05) is 0 Å². The summed E-state index contributed by atoms with van der Waals surface area (Å²) in [4.78, 5) is 11.7. The van der Waals surface area contributed by atoms with Gasteiger partial charge in [0.25, 0.3) is 0 Å². The first-order valence-electron chi connectivity index (χ1n) is 6.72. The first-order valence-corrected chi connectivity index (χ1v) is 7.25. The maximum atomic E-state index is 11.7. The quantitative estimate of drug-likeness (QED) is 0.442. The van der Waals surface area contributed by atoms with Crippen LogP contribution in [0.1, 0.15) is 15.9 Å². The summed E-state index contributed by atoms with van der Waals surface area (Å²) in [6, 6.07) is 14.9. The van der Waals surface area contributed by atoms with Crippen molar-refractivity contribution in [1.29, 1.82) is 0 Å². The molecule has 0 N–H and O–H groups in total. The highest BCUT2D eigenvalue weighted by Crippen LogP contribution is 2.19. The SMILES string of the molecule is Cc1ccccc1OCCOc1ccccc1C(=O)CCl. The topological polar surface area (TPSA) is 35.5 Å². The Hall–Kier alpha value is -2.00. The van der Waals surface area contributed by atoms with Gasteiger partial charge >= 0.3 is 0 Å². The normalized spacial score (nSPS) is 10.2. The molecule has 0 bridgehead atoms. The Morgan fingerprint density at radius 3 is 2.19 bits per heavy atom. The number of para-hydroxylation sites is 2. The van der Waals surface area contributed by atoms with E-state index in [9.17, 15) is 4.79 Å². The molecule has 0 spiro atoms. The average molecular weight is 305 g/mol. The van der Waals surface area contributed by atoms with Crippen LogP contribution in [0.3, 0.4) is 0 Å². The molecule has 3 nitrogen and oxygen atoms in total. The van der Waals surface area contributed by atoms with Crippen molar-refractivity contribution >= 4 is 17.4 Å². The second kappa shape index (κ2) is 7.70. The molecule has 0 heterocycles. The second-order valence-corrected chi connectivity index (χ2v) is 4.78. The lowest BCUT2D eigenvalue weighted by molar-refractivity contribution is 0.101. The van der Waals surface area contributed by atoms with Gasteiger partial charge in [0.05, 0.1) is 11.4 Å². The number of aryl methyl sites for hydroxylation is 1. The first kappa shape index (κ1) is 15.4. The molecule has 0 radical (unpaired) electrons. The molecule has 0 saturated heterocycles. The predicted molar refractivity (Wildman–Crippen MR) is 83.7 cm³/mol. The van der Waals surface area contributed by atoms with Crippen molar-refractivity contribution in [2.24, 2.45) is 0 Å². The monoisotopic (exact) mass is 304 g/mol. The van der Waals surface area contributed by atoms with E-state index < -0.39 is 0 Å². The molecule has 110 valence electrons. The number of alkyl halides is 1. The molecule has 2 rings (SSSR count). The zero-order chi connectivity index (χ0) is 15.1. The van der Waals surface area contributed by atoms with E-state index in [1.165, 1.54) is 0 Å².